The van der Waals surface area contributed by atoms with Gasteiger partial charge >= 0.3 is 0 Å². The van der Waals surface area contributed by atoms with Crippen LogP contribution in [0, 0.1) is 13.8 Å². The lowest BCUT2D eigenvalue weighted by molar-refractivity contribution is 0.112. The van der Waals surface area contributed by atoms with Crippen molar-refractivity contribution in [1.82, 2.24) is 19.7 Å². The second-order valence-electron chi connectivity index (χ2n) is 3.21. The summed E-state index contributed by atoms with van der Waals surface area (Å²) in [5.41, 5.74) is 2.90. The topological polar surface area (TPSA) is 60.7 Å². The number of rotatable bonds is 2. The first-order valence-corrected chi connectivity index (χ1v) is 4.51. The Hall–Kier alpha value is -2.04. The van der Waals surface area contributed by atoms with E-state index in [1.807, 2.05) is 6.92 Å². The lowest BCUT2D eigenvalue weighted by atomic mass is 10.2. The molecule has 2 aromatic rings. The lowest BCUT2D eigenvalue weighted by Crippen LogP contribution is -2.00. The van der Waals surface area contributed by atoms with Crippen LogP contribution in [0.4, 0.5) is 0 Å². The van der Waals surface area contributed by atoms with E-state index in [1.54, 1.807) is 24.0 Å². The molecule has 0 bridgehead atoms. The maximum atomic E-state index is 10.8. The second-order valence-corrected chi connectivity index (χ2v) is 3.21. The fourth-order valence-corrected chi connectivity index (χ4v) is 1.48. The first kappa shape index (κ1) is 9.51. The minimum Gasteiger partial charge on any atom is -0.298 e. The molecule has 0 aliphatic rings. The van der Waals surface area contributed by atoms with E-state index in [4.69, 9.17) is 0 Å². The molecule has 76 valence electrons. The third-order valence-corrected chi connectivity index (χ3v) is 2.26. The fourth-order valence-electron chi connectivity index (χ4n) is 1.48. The predicted octanol–water partition coefficient (Wildman–Crippen LogP) is 1.09. The molecule has 0 fully saturated rings. The van der Waals surface area contributed by atoms with Gasteiger partial charge in [0, 0.05) is 0 Å². The number of nitrogens with zero attached hydrogens (tertiary/aromatic N) is 4. The summed E-state index contributed by atoms with van der Waals surface area (Å²) in [6.45, 7) is 3.65. The van der Waals surface area contributed by atoms with Crippen molar-refractivity contribution in [1.29, 1.82) is 0 Å². The summed E-state index contributed by atoms with van der Waals surface area (Å²) in [6.07, 6.45) is 5.58. The molecular formula is C10H10N4O. The molecular weight excluding hydrogens is 192 g/mol. The van der Waals surface area contributed by atoms with E-state index in [1.165, 1.54) is 6.33 Å². The van der Waals surface area contributed by atoms with Crippen LogP contribution in [0.3, 0.4) is 0 Å². The van der Waals surface area contributed by atoms with Crippen molar-refractivity contribution in [2.24, 2.45) is 0 Å². The van der Waals surface area contributed by atoms with Gasteiger partial charge in [-0.15, -0.1) is 0 Å². The quantitative estimate of drug-likeness (QED) is 0.684. The Labute approximate surface area is 86.8 Å². The van der Waals surface area contributed by atoms with Crippen LogP contribution in [0.15, 0.2) is 18.7 Å². The van der Waals surface area contributed by atoms with Gasteiger partial charge in [-0.05, 0) is 13.8 Å². The van der Waals surface area contributed by atoms with Crippen LogP contribution in [0.2, 0.25) is 0 Å². The molecule has 0 radical (unpaired) electrons. The van der Waals surface area contributed by atoms with Gasteiger partial charge in [0.15, 0.2) is 6.29 Å². The monoisotopic (exact) mass is 202 g/mol. The van der Waals surface area contributed by atoms with Gasteiger partial charge in [0.05, 0.1) is 29.3 Å². The first-order valence-electron chi connectivity index (χ1n) is 4.51. The van der Waals surface area contributed by atoms with E-state index in [2.05, 4.69) is 15.1 Å². The highest BCUT2D eigenvalue weighted by Gasteiger charge is 2.11. The van der Waals surface area contributed by atoms with Crippen LogP contribution in [0.25, 0.3) is 5.69 Å². The van der Waals surface area contributed by atoms with Crippen molar-refractivity contribution in [2.45, 2.75) is 13.8 Å². The molecule has 0 saturated heterocycles. The van der Waals surface area contributed by atoms with Crippen molar-refractivity contribution in [2.75, 3.05) is 0 Å². The normalized spacial score (nSPS) is 10.3. The zero-order chi connectivity index (χ0) is 10.8. The highest BCUT2D eigenvalue weighted by Crippen LogP contribution is 2.14. The first-order chi connectivity index (χ1) is 7.24. The summed E-state index contributed by atoms with van der Waals surface area (Å²) < 4.78 is 1.67. The maximum absolute atomic E-state index is 10.8. The Morgan fingerprint density at radius 1 is 1.27 bits per heavy atom. The summed E-state index contributed by atoms with van der Waals surface area (Å²) in [6, 6.07) is 0. The smallest absolute Gasteiger partial charge is 0.153 e. The van der Waals surface area contributed by atoms with Gasteiger partial charge in [-0.2, -0.15) is 5.10 Å². The molecule has 0 unspecified atom stereocenters. The third kappa shape index (κ3) is 1.52. The number of aromatic nitrogens is 4. The largest absolute Gasteiger partial charge is 0.298 e. The van der Waals surface area contributed by atoms with Gasteiger partial charge < -0.3 is 0 Å². The Bertz CT molecular complexity index is 490. The van der Waals surface area contributed by atoms with E-state index in [0.717, 1.165) is 17.7 Å². The van der Waals surface area contributed by atoms with Gasteiger partial charge in [-0.1, -0.05) is 0 Å². The SMILES string of the molecule is Cc1nn(-c2cncnc2)c(C)c1C=O. The number of aryl methyl sites for hydroxylation is 1. The Kier molecular flexibility index (Phi) is 2.29. The van der Waals surface area contributed by atoms with Crippen molar-refractivity contribution >= 4 is 6.29 Å². The summed E-state index contributed by atoms with van der Waals surface area (Å²) in [7, 11) is 0. The third-order valence-electron chi connectivity index (χ3n) is 2.26. The predicted molar refractivity (Wildman–Crippen MR) is 54.0 cm³/mol. The maximum Gasteiger partial charge on any atom is 0.153 e. The highest BCUT2D eigenvalue weighted by molar-refractivity contribution is 5.78. The Morgan fingerprint density at radius 3 is 2.47 bits per heavy atom. The highest BCUT2D eigenvalue weighted by atomic mass is 16.1. The van der Waals surface area contributed by atoms with Gasteiger partial charge in [0.1, 0.15) is 12.0 Å². The molecule has 5 nitrogen and oxygen atoms in total. The van der Waals surface area contributed by atoms with Gasteiger partial charge in [0.2, 0.25) is 0 Å². The fraction of sp³-hybridized carbons (Fsp3) is 0.200. The molecule has 0 atom stereocenters. The average Bonchev–Trinajstić information content (AvgIpc) is 2.55. The van der Waals surface area contributed by atoms with E-state index in [9.17, 15) is 4.79 Å². The molecule has 5 heteroatoms. The average molecular weight is 202 g/mol. The summed E-state index contributed by atoms with van der Waals surface area (Å²) in [5, 5.41) is 4.26. The molecule has 2 heterocycles. The van der Waals surface area contributed by atoms with Crippen LogP contribution < -0.4 is 0 Å². The summed E-state index contributed by atoms with van der Waals surface area (Å²) in [5.74, 6) is 0. The van der Waals surface area contributed by atoms with Crippen LogP contribution in [-0.4, -0.2) is 26.0 Å². The van der Waals surface area contributed by atoms with Crippen LogP contribution in [0.1, 0.15) is 21.7 Å². The molecule has 0 aromatic carbocycles. The molecule has 0 saturated carbocycles. The summed E-state index contributed by atoms with van der Waals surface area (Å²) in [4.78, 5) is 18.6. The molecule has 0 amide bonds. The van der Waals surface area contributed by atoms with E-state index in [0.29, 0.717) is 11.3 Å². The molecule has 2 aromatic heterocycles. The minimum absolute atomic E-state index is 0.624. The number of carbonyl (C=O) groups excluding carboxylic acids is 1. The van der Waals surface area contributed by atoms with Gasteiger partial charge in [-0.3, -0.25) is 4.79 Å². The van der Waals surface area contributed by atoms with Crippen molar-refractivity contribution in [3.05, 3.63) is 35.7 Å². The van der Waals surface area contributed by atoms with E-state index < -0.39 is 0 Å². The number of hydrogen-bond acceptors (Lipinski definition) is 4. The van der Waals surface area contributed by atoms with Gasteiger partial charge in [-0.25, -0.2) is 14.6 Å². The van der Waals surface area contributed by atoms with E-state index in [-0.39, 0.29) is 0 Å². The number of hydrogen-bond donors (Lipinski definition) is 0. The Balaban J connectivity index is 2.60. The molecule has 0 aliphatic heterocycles. The molecule has 0 aliphatic carbocycles. The standard InChI is InChI=1S/C10H10N4O/c1-7-10(5-15)8(2)14(13-7)9-3-11-6-12-4-9/h3-6H,1-2H3. The zero-order valence-corrected chi connectivity index (χ0v) is 8.51. The van der Waals surface area contributed by atoms with Crippen molar-refractivity contribution in [3.8, 4) is 5.69 Å². The molecule has 2 rings (SSSR count). The van der Waals surface area contributed by atoms with Crippen LogP contribution in [-0.2, 0) is 0 Å². The Morgan fingerprint density at radius 2 is 1.93 bits per heavy atom. The minimum atomic E-state index is 0.624. The summed E-state index contributed by atoms with van der Waals surface area (Å²) >= 11 is 0. The number of carbonyl (C=O) groups is 1. The zero-order valence-electron chi connectivity index (χ0n) is 8.51. The van der Waals surface area contributed by atoms with E-state index >= 15 is 0 Å². The molecule has 0 N–H and O–H groups in total. The van der Waals surface area contributed by atoms with Gasteiger partial charge in [0.25, 0.3) is 0 Å². The van der Waals surface area contributed by atoms with Crippen molar-refractivity contribution < 1.29 is 4.79 Å². The van der Waals surface area contributed by atoms with Crippen LogP contribution >= 0.6 is 0 Å². The second kappa shape index (κ2) is 3.61. The molecule has 15 heavy (non-hydrogen) atoms. The molecule has 0 spiro atoms. The number of aldehydes is 1. The van der Waals surface area contributed by atoms with Crippen LogP contribution in [0.5, 0.6) is 0 Å². The lowest BCUT2D eigenvalue weighted by Gasteiger charge is -2.01. The van der Waals surface area contributed by atoms with Crippen molar-refractivity contribution in [3.63, 3.8) is 0 Å².